The number of ether oxygens (including phenoxy) is 1. The minimum atomic E-state index is -0.241. The number of nitrogens with zero attached hydrogens (tertiary/aromatic N) is 4. The molecule has 0 saturated heterocycles. The van der Waals surface area contributed by atoms with E-state index in [-0.39, 0.29) is 12.1 Å². The van der Waals surface area contributed by atoms with Gasteiger partial charge in [0.25, 0.3) is 0 Å². The van der Waals surface area contributed by atoms with E-state index in [4.69, 9.17) is 9.84 Å². The maximum Gasteiger partial charge on any atom is 0.318 e. The van der Waals surface area contributed by atoms with Crippen LogP contribution < -0.4 is 5.32 Å². The van der Waals surface area contributed by atoms with Crippen molar-refractivity contribution in [1.29, 1.82) is 0 Å². The number of para-hydroxylation sites is 1. The predicted octanol–water partition coefficient (Wildman–Crippen LogP) is 4.62. The number of carbonyl (C=O) groups is 1. The molecule has 4 aromatic rings. The first-order valence-electron chi connectivity index (χ1n) is 11.6. The Morgan fingerprint density at radius 3 is 2.53 bits per heavy atom. The third-order valence-corrected chi connectivity index (χ3v) is 6.26. The molecule has 34 heavy (non-hydrogen) atoms. The van der Waals surface area contributed by atoms with Crippen molar-refractivity contribution < 1.29 is 9.53 Å². The van der Waals surface area contributed by atoms with Gasteiger partial charge in [0.1, 0.15) is 5.82 Å². The molecule has 0 spiro atoms. The first-order valence-corrected chi connectivity index (χ1v) is 11.6. The lowest BCUT2D eigenvalue weighted by atomic mass is 10.0. The van der Waals surface area contributed by atoms with Gasteiger partial charge in [-0.1, -0.05) is 48.5 Å². The lowest BCUT2D eigenvalue weighted by molar-refractivity contribution is 0.174. The van der Waals surface area contributed by atoms with Crippen LogP contribution in [0.3, 0.4) is 0 Å². The van der Waals surface area contributed by atoms with Crippen LogP contribution >= 0.6 is 0 Å². The number of benzene rings is 2. The van der Waals surface area contributed by atoms with Crippen LogP contribution in [-0.4, -0.2) is 45.5 Å². The van der Waals surface area contributed by atoms with E-state index < -0.39 is 0 Å². The zero-order valence-electron chi connectivity index (χ0n) is 19.5. The predicted molar refractivity (Wildman–Crippen MR) is 131 cm³/mol. The van der Waals surface area contributed by atoms with Crippen molar-refractivity contribution in [2.75, 3.05) is 20.3 Å². The molecule has 2 aromatic heterocycles. The second-order valence-electron chi connectivity index (χ2n) is 8.46. The molecule has 7 heteroatoms. The standard InChI is InChI=1S/C27H29N5O2/c1-20-23-19-31(27(33)28-16-10-18-34-2)25(21-11-5-3-6-12-21)24-15-9-17-30(24)26(23)32(29-20)22-13-7-4-8-14-22/h3-9,11-15,17,25H,10,16,18-19H2,1-2H3,(H,28,33)/t25-/m0/s1. The average molecular weight is 456 g/mol. The Morgan fingerprint density at radius 2 is 1.79 bits per heavy atom. The molecule has 0 radical (unpaired) electrons. The van der Waals surface area contributed by atoms with Crippen molar-refractivity contribution in [2.24, 2.45) is 0 Å². The van der Waals surface area contributed by atoms with Crippen LogP contribution in [0, 0.1) is 6.92 Å². The topological polar surface area (TPSA) is 64.3 Å². The molecule has 3 heterocycles. The van der Waals surface area contributed by atoms with E-state index >= 15 is 0 Å². The summed E-state index contributed by atoms with van der Waals surface area (Å²) in [5.41, 5.74) is 5.02. The molecule has 1 atom stereocenters. The minimum absolute atomic E-state index is 0.0996. The second-order valence-corrected chi connectivity index (χ2v) is 8.46. The average Bonchev–Trinajstić information content (AvgIpc) is 3.43. The number of urea groups is 1. The number of amides is 2. The molecular weight excluding hydrogens is 426 g/mol. The number of hydrogen-bond donors (Lipinski definition) is 1. The summed E-state index contributed by atoms with van der Waals surface area (Å²) in [5, 5.41) is 7.98. The Balaban J connectivity index is 1.64. The molecule has 0 unspecified atom stereocenters. The summed E-state index contributed by atoms with van der Waals surface area (Å²) in [7, 11) is 1.67. The summed E-state index contributed by atoms with van der Waals surface area (Å²) < 4.78 is 9.30. The van der Waals surface area contributed by atoms with Crippen molar-refractivity contribution >= 4 is 6.03 Å². The summed E-state index contributed by atoms with van der Waals surface area (Å²) in [6.45, 7) is 3.63. The quantitative estimate of drug-likeness (QED) is 0.432. The number of nitrogens with one attached hydrogen (secondary N) is 1. The molecule has 0 fully saturated rings. The summed E-state index contributed by atoms with van der Waals surface area (Å²) in [5.74, 6) is 0.972. The Morgan fingerprint density at radius 1 is 1.06 bits per heavy atom. The summed E-state index contributed by atoms with van der Waals surface area (Å²) in [6.07, 6.45) is 2.82. The molecule has 2 aromatic carbocycles. The fraction of sp³-hybridized carbons (Fsp3) is 0.259. The monoisotopic (exact) mass is 455 g/mol. The number of rotatable bonds is 6. The third-order valence-electron chi connectivity index (χ3n) is 6.26. The normalized spacial score (nSPS) is 14.9. The highest BCUT2D eigenvalue weighted by Gasteiger charge is 2.35. The number of carbonyl (C=O) groups excluding carboxylic acids is 1. The first kappa shape index (κ1) is 22.0. The molecule has 1 aliphatic heterocycles. The van der Waals surface area contributed by atoms with Gasteiger partial charge in [-0.2, -0.15) is 5.10 Å². The van der Waals surface area contributed by atoms with Gasteiger partial charge in [-0.25, -0.2) is 9.48 Å². The van der Waals surface area contributed by atoms with Crippen molar-refractivity contribution in [3.05, 3.63) is 102 Å². The van der Waals surface area contributed by atoms with E-state index in [1.807, 2.05) is 59.0 Å². The maximum absolute atomic E-state index is 13.6. The van der Waals surface area contributed by atoms with Gasteiger partial charge < -0.3 is 19.5 Å². The Kier molecular flexibility index (Phi) is 6.18. The second kappa shape index (κ2) is 9.57. The molecule has 5 rings (SSSR count). The van der Waals surface area contributed by atoms with Gasteiger partial charge in [0.15, 0.2) is 0 Å². The van der Waals surface area contributed by atoms with Crippen LogP contribution in [0.25, 0.3) is 11.5 Å². The van der Waals surface area contributed by atoms with Gasteiger partial charge in [-0.3, -0.25) is 0 Å². The number of hydrogen-bond acceptors (Lipinski definition) is 3. The van der Waals surface area contributed by atoms with E-state index in [1.165, 1.54) is 0 Å². The lowest BCUT2D eigenvalue weighted by Gasteiger charge is -2.31. The van der Waals surface area contributed by atoms with Gasteiger partial charge in [0, 0.05) is 32.0 Å². The fourth-order valence-corrected chi connectivity index (χ4v) is 4.65. The van der Waals surface area contributed by atoms with E-state index in [0.717, 1.165) is 40.4 Å². The van der Waals surface area contributed by atoms with Crippen LogP contribution in [0.1, 0.15) is 35.0 Å². The van der Waals surface area contributed by atoms with Crippen LogP contribution in [-0.2, 0) is 11.3 Å². The van der Waals surface area contributed by atoms with Gasteiger partial charge in [-0.15, -0.1) is 0 Å². The van der Waals surface area contributed by atoms with Crippen molar-refractivity contribution in [3.63, 3.8) is 0 Å². The van der Waals surface area contributed by atoms with Crippen LogP contribution in [0.5, 0.6) is 0 Å². The van der Waals surface area contributed by atoms with Crippen LogP contribution in [0.2, 0.25) is 0 Å². The van der Waals surface area contributed by atoms with E-state index in [9.17, 15) is 4.79 Å². The molecule has 0 aliphatic carbocycles. The van der Waals surface area contributed by atoms with E-state index in [0.29, 0.717) is 19.7 Å². The summed E-state index contributed by atoms with van der Waals surface area (Å²) >= 11 is 0. The van der Waals surface area contributed by atoms with Gasteiger partial charge >= 0.3 is 6.03 Å². The van der Waals surface area contributed by atoms with Crippen molar-refractivity contribution in [1.82, 2.24) is 24.6 Å². The van der Waals surface area contributed by atoms with Gasteiger partial charge in [0.2, 0.25) is 0 Å². The van der Waals surface area contributed by atoms with E-state index in [2.05, 4.69) is 46.4 Å². The van der Waals surface area contributed by atoms with Gasteiger partial charge in [-0.05, 0) is 43.2 Å². The number of aromatic nitrogens is 3. The summed E-state index contributed by atoms with van der Waals surface area (Å²) in [4.78, 5) is 15.5. The highest BCUT2D eigenvalue weighted by atomic mass is 16.5. The number of aryl methyl sites for hydroxylation is 1. The molecule has 1 aliphatic rings. The van der Waals surface area contributed by atoms with Crippen LogP contribution in [0.4, 0.5) is 4.79 Å². The molecule has 2 amide bonds. The lowest BCUT2D eigenvalue weighted by Crippen LogP contribution is -2.42. The SMILES string of the molecule is COCCCNC(=O)N1Cc2c(C)nn(-c3ccccc3)c2-n2cccc2[C@@H]1c1ccccc1. The Labute approximate surface area is 199 Å². The third kappa shape index (κ3) is 3.99. The molecule has 174 valence electrons. The van der Waals surface area contributed by atoms with Crippen LogP contribution in [0.15, 0.2) is 79.0 Å². The zero-order chi connectivity index (χ0) is 23.5. The molecule has 0 saturated carbocycles. The molecule has 0 bridgehead atoms. The number of fused-ring (bicyclic) bond motifs is 3. The smallest absolute Gasteiger partial charge is 0.318 e. The fourth-order valence-electron chi connectivity index (χ4n) is 4.65. The minimum Gasteiger partial charge on any atom is -0.385 e. The van der Waals surface area contributed by atoms with E-state index in [1.54, 1.807) is 7.11 Å². The van der Waals surface area contributed by atoms with Crippen molar-refractivity contribution in [3.8, 4) is 11.5 Å². The number of methoxy groups -OCH3 is 1. The molecule has 7 nitrogen and oxygen atoms in total. The largest absolute Gasteiger partial charge is 0.385 e. The highest BCUT2D eigenvalue weighted by molar-refractivity contribution is 5.76. The maximum atomic E-state index is 13.6. The molecular formula is C27H29N5O2. The first-order chi connectivity index (χ1) is 16.7. The zero-order valence-corrected chi connectivity index (χ0v) is 19.5. The Hall–Kier alpha value is -3.84. The van der Waals surface area contributed by atoms with Crippen molar-refractivity contribution in [2.45, 2.75) is 25.9 Å². The molecule has 1 N–H and O–H groups in total. The highest BCUT2D eigenvalue weighted by Crippen LogP contribution is 2.38. The Bertz CT molecular complexity index is 1260. The van der Waals surface area contributed by atoms with Gasteiger partial charge in [0.05, 0.1) is 29.7 Å². The summed E-state index contributed by atoms with van der Waals surface area (Å²) in [6, 6.07) is 24.1.